The Hall–Kier alpha value is -2.02. The summed E-state index contributed by atoms with van der Waals surface area (Å²) in [5, 5.41) is 11.2. The topological polar surface area (TPSA) is 62.2 Å². The minimum absolute atomic E-state index is 0.00265. The van der Waals surface area contributed by atoms with Crippen LogP contribution in [0.4, 0.5) is 20.3 Å². The standard InChI is InChI=1S/C12H7BrF2N2O2/c13-6-1-2-9(8(14)5-6)17-11-10(15)7(12(18)19)3-4-16-11/h1-5H,(H,16,17)(H,18,19). The Balaban J connectivity index is 2.38. The normalized spacial score (nSPS) is 10.3. The van der Waals surface area contributed by atoms with Crippen molar-refractivity contribution in [2.24, 2.45) is 0 Å². The second-order valence-corrected chi connectivity index (χ2v) is 4.49. The predicted octanol–water partition coefficient (Wildman–Crippen LogP) is 3.56. The van der Waals surface area contributed by atoms with Crippen LogP contribution in [-0.4, -0.2) is 16.1 Å². The molecule has 7 heteroatoms. The molecule has 0 aliphatic heterocycles. The highest BCUT2D eigenvalue weighted by Crippen LogP contribution is 2.24. The first-order valence-electron chi connectivity index (χ1n) is 5.09. The van der Waals surface area contributed by atoms with Gasteiger partial charge in [0.2, 0.25) is 0 Å². The summed E-state index contributed by atoms with van der Waals surface area (Å²) in [6.07, 6.45) is 1.13. The van der Waals surface area contributed by atoms with Crippen molar-refractivity contribution >= 4 is 33.4 Å². The Kier molecular flexibility index (Phi) is 3.75. The molecule has 0 aliphatic rings. The van der Waals surface area contributed by atoms with Gasteiger partial charge in [-0.25, -0.2) is 18.6 Å². The molecule has 98 valence electrons. The summed E-state index contributed by atoms with van der Waals surface area (Å²) in [6, 6.07) is 5.17. The number of halogens is 3. The van der Waals surface area contributed by atoms with Gasteiger partial charge in [0.1, 0.15) is 11.4 Å². The van der Waals surface area contributed by atoms with E-state index in [1.807, 2.05) is 0 Å². The number of benzene rings is 1. The number of pyridine rings is 1. The number of anilines is 2. The van der Waals surface area contributed by atoms with Crippen LogP contribution in [0.2, 0.25) is 0 Å². The summed E-state index contributed by atoms with van der Waals surface area (Å²) in [6.45, 7) is 0. The summed E-state index contributed by atoms with van der Waals surface area (Å²) in [7, 11) is 0. The molecular formula is C12H7BrF2N2O2. The maximum atomic E-state index is 13.8. The van der Waals surface area contributed by atoms with Gasteiger partial charge in [-0.3, -0.25) is 0 Å². The number of nitrogens with zero attached hydrogens (tertiary/aromatic N) is 1. The fourth-order valence-electron chi connectivity index (χ4n) is 1.41. The number of hydrogen-bond donors (Lipinski definition) is 2. The highest BCUT2D eigenvalue weighted by Gasteiger charge is 2.16. The minimum atomic E-state index is -1.42. The summed E-state index contributed by atoms with van der Waals surface area (Å²) in [5.74, 6) is -3.42. The van der Waals surface area contributed by atoms with Crippen molar-refractivity contribution < 1.29 is 18.7 Å². The zero-order valence-corrected chi connectivity index (χ0v) is 10.9. The fraction of sp³-hybridized carbons (Fsp3) is 0. The number of rotatable bonds is 3. The summed E-state index contributed by atoms with van der Waals surface area (Å²) < 4.78 is 27.9. The zero-order valence-electron chi connectivity index (χ0n) is 9.32. The van der Waals surface area contributed by atoms with Gasteiger partial charge in [-0.1, -0.05) is 15.9 Å². The molecule has 4 nitrogen and oxygen atoms in total. The number of aromatic nitrogens is 1. The molecule has 0 fully saturated rings. The quantitative estimate of drug-likeness (QED) is 0.904. The van der Waals surface area contributed by atoms with E-state index in [-0.39, 0.29) is 11.5 Å². The maximum Gasteiger partial charge on any atom is 0.338 e. The Morgan fingerprint density at radius 1 is 1.32 bits per heavy atom. The smallest absolute Gasteiger partial charge is 0.338 e. The molecule has 0 radical (unpaired) electrons. The van der Waals surface area contributed by atoms with Gasteiger partial charge in [0, 0.05) is 10.7 Å². The Labute approximate surface area is 115 Å². The molecule has 1 aromatic heterocycles. The molecule has 0 saturated carbocycles. The van der Waals surface area contributed by atoms with Crippen LogP contribution in [-0.2, 0) is 0 Å². The summed E-state index contributed by atoms with van der Waals surface area (Å²) >= 11 is 3.09. The van der Waals surface area contributed by atoms with Crippen LogP contribution in [0.1, 0.15) is 10.4 Å². The SMILES string of the molecule is O=C(O)c1ccnc(Nc2ccc(Br)cc2F)c1F. The van der Waals surface area contributed by atoms with Crippen LogP contribution in [0.25, 0.3) is 0 Å². The molecule has 2 rings (SSSR count). The van der Waals surface area contributed by atoms with Crippen molar-refractivity contribution in [1.82, 2.24) is 4.98 Å². The first kappa shape index (κ1) is 13.4. The molecule has 0 unspecified atom stereocenters. The van der Waals surface area contributed by atoms with Crippen molar-refractivity contribution in [3.63, 3.8) is 0 Å². The molecule has 1 aromatic carbocycles. The van der Waals surface area contributed by atoms with Crippen LogP contribution < -0.4 is 5.32 Å². The van der Waals surface area contributed by atoms with Gasteiger partial charge < -0.3 is 10.4 Å². The van der Waals surface area contributed by atoms with E-state index in [0.29, 0.717) is 4.47 Å². The van der Waals surface area contributed by atoms with Gasteiger partial charge in [-0.05, 0) is 24.3 Å². The number of carbonyl (C=O) groups is 1. The van der Waals surface area contributed by atoms with Crippen LogP contribution in [0.5, 0.6) is 0 Å². The minimum Gasteiger partial charge on any atom is -0.478 e. The third-order valence-corrected chi connectivity index (χ3v) is 2.80. The van der Waals surface area contributed by atoms with E-state index >= 15 is 0 Å². The van der Waals surface area contributed by atoms with Crippen LogP contribution in [0.15, 0.2) is 34.9 Å². The maximum absolute atomic E-state index is 13.8. The lowest BCUT2D eigenvalue weighted by molar-refractivity contribution is 0.0692. The van der Waals surface area contributed by atoms with E-state index < -0.39 is 23.2 Å². The van der Waals surface area contributed by atoms with Crippen LogP contribution in [0, 0.1) is 11.6 Å². The third kappa shape index (κ3) is 2.87. The van der Waals surface area contributed by atoms with E-state index in [2.05, 4.69) is 26.2 Å². The monoisotopic (exact) mass is 328 g/mol. The van der Waals surface area contributed by atoms with Crippen molar-refractivity contribution in [1.29, 1.82) is 0 Å². The number of hydrogen-bond acceptors (Lipinski definition) is 3. The second-order valence-electron chi connectivity index (χ2n) is 3.58. The molecule has 0 atom stereocenters. The van der Waals surface area contributed by atoms with Gasteiger partial charge in [-0.15, -0.1) is 0 Å². The number of carboxylic acid groups (broad SMARTS) is 1. The molecule has 0 bridgehead atoms. The van der Waals surface area contributed by atoms with E-state index in [1.54, 1.807) is 6.07 Å². The van der Waals surface area contributed by atoms with E-state index in [0.717, 1.165) is 12.3 Å². The Morgan fingerprint density at radius 2 is 2.05 bits per heavy atom. The van der Waals surface area contributed by atoms with Crippen molar-refractivity contribution in [2.45, 2.75) is 0 Å². The molecule has 0 aliphatic carbocycles. The first-order valence-corrected chi connectivity index (χ1v) is 5.88. The molecule has 0 spiro atoms. The largest absolute Gasteiger partial charge is 0.478 e. The van der Waals surface area contributed by atoms with E-state index in [9.17, 15) is 13.6 Å². The summed E-state index contributed by atoms with van der Waals surface area (Å²) in [5.41, 5.74) is -0.535. The Morgan fingerprint density at radius 3 is 2.68 bits per heavy atom. The third-order valence-electron chi connectivity index (χ3n) is 2.30. The van der Waals surface area contributed by atoms with E-state index in [1.165, 1.54) is 12.1 Å². The molecular weight excluding hydrogens is 322 g/mol. The lowest BCUT2D eigenvalue weighted by atomic mass is 10.2. The van der Waals surface area contributed by atoms with Gasteiger partial charge >= 0.3 is 5.97 Å². The van der Waals surface area contributed by atoms with Gasteiger partial charge in [0.05, 0.1) is 5.69 Å². The molecule has 2 N–H and O–H groups in total. The lowest BCUT2D eigenvalue weighted by Gasteiger charge is -2.09. The molecule has 19 heavy (non-hydrogen) atoms. The number of carboxylic acids is 1. The number of aromatic carboxylic acids is 1. The van der Waals surface area contributed by atoms with Gasteiger partial charge in [0.15, 0.2) is 11.6 Å². The molecule has 1 heterocycles. The van der Waals surface area contributed by atoms with Crippen molar-refractivity contribution in [3.8, 4) is 0 Å². The van der Waals surface area contributed by atoms with Crippen LogP contribution >= 0.6 is 15.9 Å². The molecule has 2 aromatic rings. The van der Waals surface area contributed by atoms with Crippen molar-refractivity contribution in [2.75, 3.05) is 5.32 Å². The second kappa shape index (κ2) is 5.31. The number of nitrogens with one attached hydrogen (secondary N) is 1. The zero-order chi connectivity index (χ0) is 14.0. The predicted molar refractivity (Wildman–Crippen MR) is 68.5 cm³/mol. The summed E-state index contributed by atoms with van der Waals surface area (Å²) in [4.78, 5) is 14.4. The molecule has 0 saturated heterocycles. The Bertz CT molecular complexity index is 650. The first-order chi connectivity index (χ1) is 8.99. The molecule has 0 amide bonds. The lowest BCUT2D eigenvalue weighted by Crippen LogP contribution is -2.06. The van der Waals surface area contributed by atoms with Gasteiger partial charge in [0.25, 0.3) is 0 Å². The van der Waals surface area contributed by atoms with Crippen LogP contribution in [0.3, 0.4) is 0 Å². The highest BCUT2D eigenvalue weighted by molar-refractivity contribution is 9.10. The highest BCUT2D eigenvalue weighted by atomic mass is 79.9. The van der Waals surface area contributed by atoms with Crippen molar-refractivity contribution in [3.05, 3.63) is 52.1 Å². The van der Waals surface area contributed by atoms with Gasteiger partial charge in [-0.2, -0.15) is 0 Å². The average Bonchev–Trinajstić information content (AvgIpc) is 2.34. The average molecular weight is 329 g/mol. The van der Waals surface area contributed by atoms with E-state index in [4.69, 9.17) is 5.11 Å². The fourth-order valence-corrected chi connectivity index (χ4v) is 1.75.